The summed E-state index contributed by atoms with van der Waals surface area (Å²) >= 11 is 0. The molecule has 1 aliphatic heterocycles. The largest absolute Gasteiger partial charge is 0.481 e. The number of nitrogens with one attached hydrogen (secondary N) is 1. The van der Waals surface area contributed by atoms with Crippen molar-refractivity contribution in [1.82, 2.24) is 14.6 Å². The maximum atomic E-state index is 12.6. The van der Waals surface area contributed by atoms with Crippen molar-refractivity contribution in [2.75, 3.05) is 13.1 Å². The third-order valence-electron chi connectivity index (χ3n) is 5.64. The fourth-order valence-electron chi connectivity index (χ4n) is 4.09. The van der Waals surface area contributed by atoms with Crippen molar-refractivity contribution in [2.24, 2.45) is 5.92 Å². The van der Waals surface area contributed by atoms with Crippen molar-refractivity contribution >= 4 is 17.4 Å². The first-order valence-corrected chi connectivity index (χ1v) is 9.43. The van der Waals surface area contributed by atoms with E-state index in [0.717, 1.165) is 24.9 Å². The lowest BCUT2D eigenvalue weighted by Crippen LogP contribution is -2.44. The van der Waals surface area contributed by atoms with Gasteiger partial charge in [-0.3, -0.25) is 14.5 Å². The van der Waals surface area contributed by atoms with Crippen LogP contribution in [0.15, 0.2) is 36.5 Å². The van der Waals surface area contributed by atoms with Crippen LogP contribution in [0.3, 0.4) is 0 Å². The van der Waals surface area contributed by atoms with Gasteiger partial charge in [0.15, 0.2) is 0 Å². The summed E-state index contributed by atoms with van der Waals surface area (Å²) in [7, 11) is 0. The summed E-state index contributed by atoms with van der Waals surface area (Å²) < 4.78 is 1.89. The minimum atomic E-state index is -0.736. The molecule has 0 unspecified atom stereocenters. The van der Waals surface area contributed by atoms with Gasteiger partial charge in [-0.2, -0.15) is 0 Å². The molecule has 0 aromatic carbocycles. The topological polar surface area (TPSA) is 74.0 Å². The molecule has 1 saturated carbocycles. The number of hydrogen-bond donors (Lipinski definition) is 2. The highest BCUT2D eigenvalue weighted by Crippen LogP contribution is 2.35. The highest BCUT2D eigenvalue weighted by atomic mass is 16.4. The SMILES string of the molecule is O=C(O)C[C@H]1CC[C@@H](CNC(=O)c2ccc3ccccn23)N1CC1CC1. The lowest BCUT2D eigenvalue weighted by Gasteiger charge is -2.29. The summed E-state index contributed by atoms with van der Waals surface area (Å²) in [6, 6.07) is 9.95. The fourth-order valence-corrected chi connectivity index (χ4v) is 4.09. The number of aromatic nitrogens is 1. The summed E-state index contributed by atoms with van der Waals surface area (Å²) in [6.07, 6.45) is 6.41. The third kappa shape index (κ3) is 3.60. The zero-order valence-electron chi connectivity index (χ0n) is 14.8. The van der Waals surface area contributed by atoms with E-state index in [0.29, 0.717) is 18.2 Å². The molecule has 0 spiro atoms. The molecule has 2 atom stereocenters. The van der Waals surface area contributed by atoms with Crippen LogP contribution in [-0.2, 0) is 4.79 Å². The monoisotopic (exact) mass is 355 g/mol. The van der Waals surface area contributed by atoms with Gasteiger partial charge in [0.2, 0.25) is 0 Å². The van der Waals surface area contributed by atoms with Crippen LogP contribution in [0.1, 0.15) is 42.6 Å². The van der Waals surface area contributed by atoms with Crippen LogP contribution in [0.25, 0.3) is 5.52 Å². The van der Waals surface area contributed by atoms with E-state index in [2.05, 4.69) is 10.2 Å². The molecular formula is C20H25N3O3. The van der Waals surface area contributed by atoms with Crippen molar-refractivity contribution in [3.8, 4) is 0 Å². The maximum absolute atomic E-state index is 12.6. The van der Waals surface area contributed by atoms with Crippen molar-refractivity contribution in [2.45, 2.75) is 44.2 Å². The number of likely N-dealkylation sites (tertiary alicyclic amines) is 1. The Morgan fingerprint density at radius 3 is 2.65 bits per heavy atom. The third-order valence-corrected chi connectivity index (χ3v) is 5.64. The molecule has 2 fully saturated rings. The first-order chi connectivity index (χ1) is 12.6. The van der Waals surface area contributed by atoms with Crippen molar-refractivity contribution in [1.29, 1.82) is 0 Å². The van der Waals surface area contributed by atoms with E-state index in [1.54, 1.807) is 0 Å². The number of aliphatic carboxylic acids is 1. The molecule has 138 valence electrons. The Morgan fingerprint density at radius 2 is 1.88 bits per heavy atom. The summed E-state index contributed by atoms with van der Waals surface area (Å²) in [6.45, 7) is 1.54. The molecule has 4 rings (SSSR count). The smallest absolute Gasteiger partial charge is 0.304 e. The standard InChI is InChI=1S/C20H25N3O3/c24-19(25)11-16-6-7-17(23(16)13-14-4-5-14)12-21-20(26)18-9-8-15-3-1-2-10-22(15)18/h1-3,8-10,14,16-17H,4-7,11-13H2,(H,21,26)(H,24,25)/t16-,17+/m1/s1. The van der Waals surface area contributed by atoms with Crippen LogP contribution >= 0.6 is 0 Å². The lowest BCUT2D eigenvalue weighted by molar-refractivity contribution is -0.138. The average Bonchev–Trinajstić information content (AvgIpc) is 3.22. The van der Waals surface area contributed by atoms with Gasteiger partial charge in [-0.05, 0) is 55.9 Å². The van der Waals surface area contributed by atoms with Crippen LogP contribution in [0.4, 0.5) is 0 Å². The van der Waals surface area contributed by atoms with E-state index in [1.165, 1.54) is 12.8 Å². The van der Waals surface area contributed by atoms with Gasteiger partial charge < -0.3 is 14.8 Å². The molecule has 3 heterocycles. The molecule has 26 heavy (non-hydrogen) atoms. The molecule has 1 aliphatic carbocycles. The zero-order valence-corrected chi connectivity index (χ0v) is 14.8. The number of carbonyl (C=O) groups is 2. The Kier molecular flexibility index (Phi) is 4.68. The first-order valence-electron chi connectivity index (χ1n) is 9.43. The molecule has 6 nitrogen and oxygen atoms in total. The van der Waals surface area contributed by atoms with Gasteiger partial charge in [0.05, 0.1) is 6.42 Å². The number of rotatable bonds is 7. The molecule has 2 aromatic rings. The molecule has 2 aliphatic rings. The van der Waals surface area contributed by atoms with Gasteiger partial charge in [-0.1, -0.05) is 6.07 Å². The first kappa shape index (κ1) is 17.1. The molecule has 1 saturated heterocycles. The van der Waals surface area contributed by atoms with Crippen molar-refractivity contribution < 1.29 is 14.7 Å². The van der Waals surface area contributed by atoms with E-state index in [9.17, 15) is 14.7 Å². The van der Waals surface area contributed by atoms with Gasteiger partial charge in [0, 0.05) is 36.9 Å². The Labute approximate surface area is 152 Å². The van der Waals surface area contributed by atoms with Crippen LogP contribution in [0.2, 0.25) is 0 Å². The maximum Gasteiger partial charge on any atom is 0.304 e. The number of carbonyl (C=O) groups excluding carboxylic acids is 1. The molecule has 2 N–H and O–H groups in total. The lowest BCUT2D eigenvalue weighted by atomic mass is 10.1. The van der Waals surface area contributed by atoms with Crippen LogP contribution in [0.5, 0.6) is 0 Å². The summed E-state index contributed by atoms with van der Waals surface area (Å²) in [5.41, 5.74) is 1.63. The Bertz CT molecular complexity index is 811. The normalized spacial score (nSPS) is 23.4. The van der Waals surface area contributed by atoms with E-state index >= 15 is 0 Å². The highest BCUT2D eigenvalue weighted by molar-refractivity contribution is 5.94. The minimum Gasteiger partial charge on any atom is -0.481 e. The Balaban J connectivity index is 1.41. The quantitative estimate of drug-likeness (QED) is 0.800. The molecule has 1 amide bonds. The van der Waals surface area contributed by atoms with E-state index in [1.807, 2.05) is 40.9 Å². The predicted octanol–water partition coefficient (Wildman–Crippen LogP) is 2.39. The molecule has 0 bridgehead atoms. The van der Waals surface area contributed by atoms with Gasteiger partial charge in [0.25, 0.3) is 5.91 Å². The van der Waals surface area contributed by atoms with Crippen LogP contribution in [0, 0.1) is 5.92 Å². The number of nitrogens with zero attached hydrogens (tertiary/aromatic N) is 2. The average molecular weight is 355 g/mol. The second-order valence-electron chi connectivity index (χ2n) is 7.55. The van der Waals surface area contributed by atoms with Crippen LogP contribution in [-0.4, -0.2) is 51.5 Å². The number of fused-ring (bicyclic) bond motifs is 1. The van der Waals surface area contributed by atoms with Gasteiger partial charge in [-0.25, -0.2) is 0 Å². The van der Waals surface area contributed by atoms with Crippen LogP contribution < -0.4 is 5.32 Å². The molecule has 0 radical (unpaired) electrons. The number of carboxylic acids is 1. The summed E-state index contributed by atoms with van der Waals surface area (Å²) in [5, 5.41) is 12.2. The van der Waals surface area contributed by atoms with E-state index in [4.69, 9.17) is 0 Å². The number of amides is 1. The van der Waals surface area contributed by atoms with E-state index < -0.39 is 5.97 Å². The molecular weight excluding hydrogens is 330 g/mol. The van der Waals surface area contributed by atoms with Gasteiger partial charge in [-0.15, -0.1) is 0 Å². The van der Waals surface area contributed by atoms with Gasteiger partial charge in [0.1, 0.15) is 5.69 Å². The van der Waals surface area contributed by atoms with Crippen molar-refractivity contribution in [3.05, 3.63) is 42.2 Å². The second kappa shape index (κ2) is 7.11. The zero-order chi connectivity index (χ0) is 18.1. The number of carboxylic acid groups (broad SMARTS) is 1. The van der Waals surface area contributed by atoms with Gasteiger partial charge >= 0.3 is 5.97 Å². The highest BCUT2D eigenvalue weighted by Gasteiger charge is 2.38. The second-order valence-corrected chi connectivity index (χ2v) is 7.55. The summed E-state index contributed by atoms with van der Waals surface area (Å²) in [5.74, 6) is -0.110. The fraction of sp³-hybridized carbons (Fsp3) is 0.500. The molecule has 6 heteroatoms. The number of pyridine rings is 1. The molecule has 2 aromatic heterocycles. The Hall–Kier alpha value is -2.34. The predicted molar refractivity (Wildman–Crippen MR) is 98.2 cm³/mol. The summed E-state index contributed by atoms with van der Waals surface area (Å²) in [4.78, 5) is 26.1. The van der Waals surface area contributed by atoms with Crippen molar-refractivity contribution in [3.63, 3.8) is 0 Å². The number of hydrogen-bond acceptors (Lipinski definition) is 3. The Morgan fingerprint density at radius 1 is 1.08 bits per heavy atom. The van der Waals surface area contributed by atoms with E-state index in [-0.39, 0.29) is 24.4 Å². The minimum absolute atomic E-state index is 0.0794.